The van der Waals surface area contributed by atoms with Crippen LogP contribution in [0.3, 0.4) is 0 Å². The summed E-state index contributed by atoms with van der Waals surface area (Å²) < 4.78 is 10.7. The summed E-state index contributed by atoms with van der Waals surface area (Å²) in [7, 11) is 3.37. The lowest BCUT2D eigenvalue weighted by Crippen LogP contribution is -2.06. The zero-order chi connectivity index (χ0) is 20.9. The third-order valence-electron chi connectivity index (χ3n) is 5.21. The number of thiazole rings is 1. The van der Waals surface area contributed by atoms with E-state index in [0.29, 0.717) is 5.13 Å². The molecular formula is C25H24N2O2S. The number of anilines is 1. The third-order valence-corrected chi connectivity index (χ3v) is 5.90. The van der Waals surface area contributed by atoms with Crippen molar-refractivity contribution < 1.29 is 9.47 Å². The third kappa shape index (κ3) is 4.47. The summed E-state index contributed by atoms with van der Waals surface area (Å²) in [4.78, 5) is 4.56. The minimum atomic E-state index is 0.132. The van der Waals surface area contributed by atoms with Gasteiger partial charge in [-0.05, 0) is 52.9 Å². The standard InChI is InChI=1S/C25H24N2O2S/c1-28-21-12-10-19(11-13-21)23(24-16-30-25(26)27-24)14-17-6-8-18(9-7-17)20-4-3-5-22(15-20)29-2/h3-13,15-16,23H,14H2,1-2H3,(H2,26,27). The van der Waals surface area contributed by atoms with E-state index in [9.17, 15) is 0 Å². The smallest absolute Gasteiger partial charge is 0.180 e. The Morgan fingerprint density at radius 1 is 0.867 bits per heavy atom. The van der Waals surface area contributed by atoms with Gasteiger partial charge in [-0.25, -0.2) is 4.98 Å². The first kappa shape index (κ1) is 20.0. The van der Waals surface area contributed by atoms with Crippen LogP contribution in [-0.2, 0) is 6.42 Å². The van der Waals surface area contributed by atoms with E-state index in [1.54, 1.807) is 14.2 Å². The average molecular weight is 417 g/mol. The second-order valence-corrected chi connectivity index (χ2v) is 7.96. The fourth-order valence-electron chi connectivity index (χ4n) is 3.56. The first-order valence-electron chi connectivity index (χ1n) is 9.74. The molecule has 1 atom stereocenters. The molecule has 0 amide bonds. The lowest BCUT2D eigenvalue weighted by atomic mass is 9.89. The molecule has 0 aliphatic heterocycles. The van der Waals surface area contributed by atoms with E-state index < -0.39 is 0 Å². The van der Waals surface area contributed by atoms with Crippen molar-refractivity contribution in [2.24, 2.45) is 0 Å². The number of methoxy groups -OCH3 is 2. The molecule has 4 nitrogen and oxygen atoms in total. The monoisotopic (exact) mass is 416 g/mol. The van der Waals surface area contributed by atoms with Crippen LogP contribution in [0, 0.1) is 0 Å². The van der Waals surface area contributed by atoms with Crippen LogP contribution < -0.4 is 15.2 Å². The Morgan fingerprint density at radius 2 is 1.60 bits per heavy atom. The highest BCUT2D eigenvalue weighted by molar-refractivity contribution is 7.13. The molecule has 1 heterocycles. The Labute approximate surface area is 180 Å². The molecule has 3 aromatic carbocycles. The van der Waals surface area contributed by atoms with Crippen LogP contribution in [0.5, 0.6) is 11.5 Å². The fraction of sp³-hybridized carbons (Fsp3) is 0.160. The molecule has 30 heavy (non-hydrogen) atoms. The predicted octanol–water partition coefficient (Wildman–Crippen LogP) is 5.78. The number of ether oxygens (including phenoxy) is 2. The number of rotatable bonds is 7. The minimum absolute atomic E-state index is 0.132. The topological polar surface area (TPSA) is 57.4 Å². The van der Waals surface area contributed by atoms with Crippen LogP contribution in [0.15, 0.2) is 78.2 Å². The number of hydrogen-bond donors (Lipinski definition) is 1. The Morgan fingerprint density at radius 3 is 2.23 bits per heavy atom. The van der Waals surface area contributed by atoms with Gasteiger partial charge in [0.05, 0.1) is 19.9 Å². The fourth-order valence-corrected chi connectivity index (χ4v) is 4.18. The molecule has 1 aromatic heterocycles. The summed E-state index contributed by atoms with van der Waals surface area (Å²) in [6, 6.07) is 25.0. The van der Waals surface area contributed by atoms with Gasteiger partial charge in [-0.1, -0.05) is 48.5 Å². The van der Waals surface area contributed by atoms with Gasteiger partial charge in [0.1, 0.15) is 11.5 Å². The highest BCUT2D eigenvalue weighted by Gasteiger charge is 2.18. The molecule has 0 saturated carbocycles. The van der Waals surface area contributed by atoms with E-state index in [2.05, 4.69) is 52.8 Å². The Bertz CT molecular complexity index is 1100. The second-order valence-electron chi connectivity index (χ2n) is 7.07. The number of aromatic nitrogens is 1. The van der Waals surface area contributed by atoms with Crippen molar-refractivity contribution in [2.45, 2.75) is 12.3 Å². The van der Waals surface area contributed by atoms with Gasteiger partial charge in [0.25, 0.3) is 0 Å². The van der Waals surface area contributed by atoms with Gasteiger partial charge in [0.2, 0.25) is 0 Å². The molecule has 0 saturated heterocycles. The molecule has 4 rings (SSSR count). The van der Waals surface area contributed by atoms with E-state index in [4.69, 9.17) is 15.2 Å². The van der Waals surface area contributed by atoms with Gasteiger partial charge >= 0.3 is 0 Å². The van der Waals surface area contributed by atoms with Crippen molar-refractivity contribution in [1.29, 1.82) is 0 Å². The normalized spacial score (nSPS) is 11.8. The average Bonchev–Trinajstić information content (AvgIpc) is 3.24. The molecular weight excluding hydrogens is 392 g/mol. The lowest BCUT2D eigenvalue weighted by molar-refractivity contribution is 0.414. The highest BCUT2D eigenvalue weighted by atomic mass is 32.1. The second kappa shape index (κ2) is 9.01. The van der Waals surface area contributed by atoms with Crippen molar-refractivity contribution in [3.63, 3.8) is 0 Å². The van der Waals surface area contributed by atoms with Gasteiger partial charge in [0, 0.05) is 11.3 Å². The van der Waals surface area contributed by atoms with Gasteiger partial charge in [0.15, 0.2) is 5.13 Å². The first-order chi connectivity index (χ1) is 14.7. The lowest BCUT2D eigenvalue weighted by Gasteiger charge is -2.16. The number of hydrogen-bond acceptors (Lipinski definition) is 5. The summed E-state index contributed by atoms with van der Waals surface area (Å²) >= 11 is 1.48. The van der Waals surface area contributed by atoms with Crippen LogP contribution in [0.25, 0.3) is 11.1 Å². The first-order valence-corrected chi connectivity index (χ1v) is 10.6. The van der Waals surface area contributed by atoms with E-state index in [0.717, 1.165) is 34.7 Å². The summed E-state index contributed by atoms with van der Waals surface area (Å²) in [5, 5.41) is 2.64. The molecule has 0 fully saturated rings. The van der Waals surface area contributed by atoms with E-state index >= 15 is 0 Å². The summed E-state index contributed by atoms with van der Waals surface area (Å²) in [6.45, 7) is 0. The minimum Gasteiger partial charge on any atom is -0.497 e. The van der Waals surface area contributed by atoms with E-state index in [1.165, 1.54) is 22.5 Å². The molecule has 1 unspecified atom stereocenters. The molecule has 4 aromatic rings. The molecule has 0 aliphatic rings. The van der Waals surface area contributed by atoms with Gasteiger partial charge in [-0.2, -0.15) is 0 Å². The molecule has 0 bridgehead atoms. The maximum absolute atomic E-state index is 5.92. The molecule has 5 heteroatoms. The zero-order valence-electron chi connectivity index (χ0n) is 17.0. The SMILES string of the molecule is COc1ccc(C(Cc2ccc(-c3cccc(OC)c3)cc2)c2csc(N)n2)cc1. The van der Waals surface area contributed by atoms with Crippen molar-refractivity contribution >= 4 is 16.5 Å². The molecule has 0 spiro atoms. The maximum Gasteiger partial charge on any atom is 0.180 e. The summed E-state index contributed by atoms with van der Waals surface area (Å²) in [5.41, 5.74) is 11.7. The van der Waals surface area contributed by atoms with Gasteiger partial charge < -0.3 is 15.2 Å². The largest absolute Gasteiger partial charge is 0.497 e. The number of nitrogens with zero attached hydrogens (tertiary/aromatic N) is 1. The molecule has 152 valence electrons. The number of nitrogens with two attached hydrogens (primary N) is 1. The quantitative estimate of drug-likeness (QED) is 0.415. The molecule has 0 aliphatic carbocycles. The van der Waals surface area contributed by atoms with Crippen LogP contribution >= 0.6 is 11.3 Å². The van der Waals surface area contributed by atoms with Crippen molar-refractivity contribution in [3.05, 3.63) is 95.0 Å². The molecule has 2 N–H and O–H groups in total. The van der Waals surface area contributed by atoms with Crippen molar-refractivity contribution in [1.82, 2.24) is 4.98 Å². The summed E-state index contributed by atoms with van der Waals surface area (Å²) in [6.07, 6.45) is 0.841. The van der Waals surface area contributed by atoms with Crippen LogP contribution in [0.2, 0.25) is 0 Å². The Balaban J connectivity index is 1.60. The zero-order valence-corrected chi connectivity index (χ0v) is 17.9. The van der Waals surface area contributed by atoms with Gasteiger partial charge in [-0.15, -0.1) is 11.3 Å². The van der Waals surface area contributed by atoms with Crippen LogP contribution in [-0.4, -0.2) is 19.2 Å². The Kier molecular flexibility index (Phi) is 6.00. The molecule has 0 radical (unpaired) electrons. The van der Waals surface area contributed by atoms with E-state index in [-0.39, 0.29) is 5.92 Å². The van der Waals surface area contributed by atoms with Crippen molar-refractivity contribution in [3.8, 4) is 22.6 Å². The Hall–Kier alpha value is -3.31. The predicted molar refractivity (Wildman–Crippen MR) is 123 cm³/mol. The number of nitrogen functional groups attached to an aromatic ring is 1. The van der Waals surface area contributed by atoms with E-state index in [1.807, 2.05) is 30.3 Å². The van der Waals surface area contributed by atoms with Crippen LogP contribution in [0.4, 0.5) is 5.13 Å². The number of benzene rings is 3. The van der Waals surface area contributed by atoms with Crippen molar-refractivity contribution in [2.75, 3.05) is 20.0 Å². The maximum atomic E-state index is 5.92. The summed E-state index contributed by atoms with van der Waals surface area (Å²) in [5.74, 6) is 1.84. The highest BCUT2D eigenvalue weighted by Crippen LogP contribution is 2.32. The van der Waals surface area contributed by atoms with Gasteiger partial charge in [-0.3, -0.25) is 0 Å². The van der Waals surface area contributed by atoms with Crippen LogP contribution in [0.1, 0.15) is 22.7 Å².